The van der Waals surface area contributed by atoms with Gasteiger partial charge in [-0.15, -0.1) is 5.10 Å². The first-order valence-electron chi connectivity index (χ1n) is 20.8. The number of aromatic amines is 1. The summed E-state index contributed by atoms with van der Waals surface area (Å²) in [5, 5.41) is 11.5. The van der Waals surface area contributed by atoms with E-state index in [1.165, 1.54) is 69.9 Å². The van der Waals surface area contributed by atoms with Crippen molar-refractivity contribution in [3.63, 3.8) is 0 Å². The summed E-state index contributed by atoms with van der Waals surface area (Å²) >= 11 is 17.6. The molecule has 4 saturated carbocycles. The van der Waals surface area contributed by atoms with Crippen LogP contribution in [-0.2, 0) is 9.47 Å². The molecule has 0 spiro atoms. The molecule has 12 nitrogen and oxygen atoms in total. The second-order valence-corrected chi connectivity index (χ2v) is 19.1. The van der Waals surface area contributed by atoms with Crippen molar-refractivity contribution in [2.24, 2.45) is 35.5 Å². The number of nitrogens with zero attached hydrogens (tertiary/aromatic N) is 5. The lowest BCUT2D eigenvalue weighted by atomic mass is 9.95. The van der Waals surface area contributed by atoms with E-state index in [0.29, 0.717) is 18.3 Å². The van der Waals surface area contributed by atoms with E-state index in [1.807, 2.05) is 32.9 Å². The highest BCUT2D eigenvalue weighted by atomic mass is 35.5. The molecule has 4 aliphatic rings. The topological polar surface area (TPSA) is 143 Å². The van der Waals surface area contributed by atoms with E-state index in [0.717, 1.165) is 54.4 Å². The molecule has 4 aromatic rings. The number of hydrogen-bond donors (Lipinski definition) is 1. The van der Waals surface area contributed by atoms with Gasteiger partial charge < -0.3 is 18.9 Å². The van der Waals surface area contributed by atoms with Crippen molar-refractivity contribution in [1.82, 2.24) is 29.9 Å². The quantitative estimate of drug-likeness (QED) is 0.0905. The van der Waals surface area contributed by atoms with Crippen molar-refractivity contribution in [2.75, 3.05) is 13.2 Å². The number of ether oxygens (including phenoxy) is 4. The first-order chi connectivity index (χ1) is 28.0. The molecule has 0 radical (unpaired) electrons. The van der Waals surface area contributed by atoms with Crippen LogP contribution in [0.25, 0.3) is 5.82 Å². The molecule has 4 aromatic heterocycles. The zero-order chi connectivity index (χ0) is 42.3. The van der Waals surface area contributed by atoms with Crippen molar-refractivity contribution in [1.29, 1.82) is 0 Å². The summed E-state index contributed by atoms with van der Waals surface area (Å²) in [5.41, 5.74) is -0.693. The maximum absolute atomic E-state index is 12.2. The van der Waals surface area contributed by atoms with Gasteiger partial charge in [0.15, 0.2) is 5.82 Å². The van der Waals surface area contributed by atoms with Gasteiger partial charge in [-0.25, -0.2) is 29.3 Å². The largest absolute Gasteiger partial charge is 0.478 e. The molecular formula is C44H57Cl3N6O6. The van der Waals surface area contributed by atoms with Gasteiger partial charge >= 0.3 is 11.9 Å². The minimum Gasteiger partial charge on any atom is -0.478 e. The number of pyridine rings is 2. The van der Waals surface area contributed by atoms with E-state index in [1.54, 1.807) is 50.0 Å². The van der Waals surface area contributed by atoms with E-state index in [-0.39, 0.29) is 26.6 Å². The smallest absolute Gasteiger partial charge is 0.341 e. The first kappa shape index (κ1) is 44.7. The number of halogens is 3. The average Bonchev–Trinajstić information content (AvgIpc) is 3.94. The number of hydrogen-bond acceptors (Lipinski definition) is 10. The summed E-state index contributed by atoms with van der Waals surface area (Å²) in [4.78, 5) is 31.9. The highest BCUT2D eigenvalue weighted by Gasteiger charge is 2.42. The normalized spacial score (nSPS) is 16.5. The molecule has 0 unspecified atom stereocenters. The fourth-order valence-electron chi connectivity index (χ4n) is 7.19. The molecule has 4 aliphatic carbocycles. The molecule has 0 saturated heterocycles. The van der Waals surface area contributed by atoms with Crippen LogP contribution in [-0.4, -0.2) is 66.3 Å². The lowest BCUT2D eigenvalue weighted by molar-refractivity contribution is 0.00567. The fourth-order valence-corrected chi connectivity index (χ4v) is 7.83. The molecule has 4 heterocycles. The second kappa shape index (κ2) is 19.7. The Kier molecular flexibility index (Phi) is 14.9. The number of H-pyrrole nitrogens is 1. The van der Waals surface area contributed by atoms with Crippen LogP contribution in [0.5, 0.6) is 11.8 Å². The molecular weight excluding hydrogens is 815 g/mol. The summed E-state index contributed by atoms with van der Waals surface area (Å²) < 4.78 is 23.6. The maximum atomic E-state index is 12.2. The number of aromatic nitrogens is 6. The Morgan fingerprint density at radius 2 is 1.19 bits per heavy atom. The van der Waals surface area contributed by atoms with Crippen LogP contribution < -0.4 is 9.47 Å². The van der Waals surface area contributed by atoms with Crippen LogP contribution in [0.15, 0.2) is 48.8 Å². The highest BCUT2D eigenvalue weighted by Crippen LogP contribution is 2.51. The second-order valence-electron chi connectivity index (χ2n) is 18.0. The molecule has 1 N–H and O–H groups in total. The Labute approximate surface area is 362 Å². The van der Waals surface area contributed by atoms with Crippen molar-refractivity contribution in [3.05, 3.63) is 75.4 Å². The monoisotopic (exact) mass is 870 g/mol. The SMILES string of the molecule is CC(C)(C)OC(=O)c1ccc(-n2ccc(OCCC(C3CC3)C3CC3)n2)nc1Cl.CC(C)(C)OC(=O)c1ccc(Cl)nc1Cl.c1cc(OCCC(C2CC2)C2CC2)[nH]n1. The minimum atomic E-state index is -0.592. The molecule has 0 aromatic carbocycles. The van der Waals surface area contributed by atoms with Gasteiger partial charge in [-0.05, 0) is 166 Å². The van der Waals surface area contributed by atoms with E-state index >= 15 is 0 Å². The summed E-state index contributed by atoms with van der Waals surface area (Å²) in [7, 11) is 0. The minimum absolute atomic E-state index is 0.0525. The zero-order valence-corrected chi connectivity index (χ0v) is 37.2. The van der Waals surface area contributed by atoms with Crippen LogP contribution in [0, 0.1) is 35.5 Å². The van der Waals surface area contributed by atoms with Gasteiger partial charge in [-0.1, -0.05) is 34.8 Å². The lowest BCUT2D eigenvalue weighted by Gasteiger charge is -2.19. The van der Waals surface area contributed by atoms with Gasteiger partial charge in [0.05, 0.1) is 30.5 Å². The van der Waals surface area contributed by atoms with E-state index in [9.17, 15) is 9.59 Å². The van der Waals surface area contributed by atoms with E-state index in [2.05, 4.69) is 25.3 Å². The maximum Gasteiger partial charge on any atom is 0.341 e. The Hall–Kier alpha value is -3.87. The Balaban J connectivity index is 0.000000164. The van der Waals surface area contributed by atoms with Crippen molar-refractivity contribution in [3.8, 4) is 17.6 Å². The zero-order valence-electron chi connectivity index (χ0n) is 34.9. The number of esters is 2. The third-order valence-corrected chi connectivity index (χ3v) is 11.3. The highest BCUT2D eigenvalue weighted by molar-refractivity contribution is 6.34. The average molecular weight is 872 g/mol. The summed E-state index contributed by atoms with van der Waals surface area (Å²) in [6, 6.07) is 9.98. The number of nitrogens with one attached hydrogen (secondary N) is 1. The van der Waals surface area contributed by atoms with Crippen molar-refractivity contribution < 1.29 is 28.5 Å². The molecule has 0 atom stereocenters. The lowest BCUT2D eigenvalue weighted by Crippen LogP contribution is -2.24. The number of rotatable bonds is 15. The van der Waals surface area contributed by atoms with Gasteiger partial charge in [-0.3, -0.25) is 0 Å². The van der Waals surface area contributed by atoms with E-state index in [4.69, 9.17) is 53.8 Å². The fraction of sp³-hybridized carbons (Fsp3) is 0.591. The van der Waals surface area contributed by atoms with Crippen molar-refractivity contribution >= 4 is 46.7 Å². The summed E-state index contributed by atoms with van der Waals surface area (Å²) in [6.07, 6.45) is 17.3. The molecule has 0 bridgehead atoms. The molecule has 0 amide bonds. The molecule has 8 rings (SSSR count). The third kappa shape index (κ3) is 14.7. The predicted octanol–water partition coefficient (Wildman–Crippen LogP) is 11.0. The van der Waals surface area contributed by atoms with Crippen LogP contribution in [0.3, 0.4) is 0 Å². The standard InChI is InChI=1S/C22H28ClN3O3.C12H18N2O.C10H11Cl2NO2/c1-22(2,3)29-21(27)17-8-9-18(24-20(17)23)26-12-10-19(25-26)28-13-11-16(14-4-5-14)15-6-7-15;1-2-9(1)11(10-3-4-10)6-8-15-12-5-7-13-14-12;1-10(2,3)15-9(14)6-4-5-7(11)13-8(6)12/h8-10,12,14-16H,4-7,11,13H2,1-3H3;5,7,9-11H,1-4,6,8H2,(H,13,14);4-5H,1-3H3. The van der Waals surface area contributed by atoms with Gasteiger partial charge in [0.25, 0.3) is 0 Å². The molecule has 0 aliphatic heterocycles. The van der Waals surface area contributed by atoms with Crippen LogP contribution >= 0.6 is 34.8 Å². The van der Waals surface area contributed by atoms with Crippen molar-refractivity contribution in [2.45, 2.75) is 117 Å². The summed E-state index contributed by atoms with van der Waals surface area (Å²) in [6.45, 7) is 12.3. The molecule has 59 heavy (non-hydrogen) atoms. The Morgan fingerprint density at radius 1 is 0.695 bits per heavy atom. The number of carbonyl (C=O) groups excluding carboxylic acids is 2. The van der Waals surface area contributed by atoms with Crippen LogP contribution in [0.4, 0.5) is 0 Å². The Bertz CT molecular complexity index is 1970. The van der Waals surface area contributed by atoms with Gasteiger partial charge in [-0.2, -0.15) is 5.10 Å². The molecule has 4 fully saturated rings. The van der Waals surface area contributed by atoms with E-state index < -0.39 is 23.1 Å². The number of carbonyl (C=O) groups is 2. The van der Waals surface area contributed by atoms with Crippen LogP contribution in [0.1, 0.15) is 126 Å². The molecule has 15 heteroatoms. The first-order valence-corrected chi connectivity index (χ1v) is 21.9. The molecule has 320 valence electrons. The van der Waals surface area contributed by atoms with Gasteiger partial charge in [0.1, 0.15) is 26.7 Å². The van der Waals surface area contributed by atoms with Gasteiger partial charge in [0.2, 0.25) is 11.8 Å². The van der Waals surface area contributed by atoms with Gasteiger partial charge in [0, 0.05) is 18.3 Å². The third-order valence-electron chi connectivity index (χ3n) is 10.5. The van der Waals surface area contributed by atoms with Crippen LogP contribution in [0.2, 0.25) is 15.5 Å². The Morgan fingerprint density at radius 3 is 1.63 bits per heavy atom. The predicted molar refractivity (Wildman–Crippen MR) is 228 cm³/mol. The summed E-state index contributed by atoms with van der Waals surface area (Å²) in [5.74, 6) is 6.60.